The molecule has 0 aliphatic heterocycles. The molecular formula is C40H53ClN6. The molecule has 0 radical (unpaired) electrons. The second-order valence-corrected chi connectivity index (χ2v) is 13.7. The van der Waals surface area contributed by atoms with Crippen LogP contribution in [0.2, 0.25) is 5.15 Å². The standard InChI is InChI=1S/C20H26ClN3.C20H27N3/c1-3-4-8-15-9-7-10-16(13-15)18-19(21)22-14(2)23-20(18)24-17-11-5-6-12-17;1-3-4-8-16-9-7-10-17(13-16)19-14-21-15(2)22-20(19)23-18-11-5-6-12-18/h7,9-10,13,17H,3-6,8,11-12H2,1-2H3,(H,22,23,24);7,9-10,13-14,18H,3-6,8,11-12H2,1-2H3,(H,21,22,23). The largest absolute Gasteiger partial charge is 0.367 e. The first kappa shape index (κ1) is 34.8. The van der Waals surface area contributed by atoms with Crippen LogP contribution >= 0.6 is 11.6 Å². The number of hydrogen-bond donors (Lipinski definition) is 2. The first-order valence-corrected chi connectivity index (χ1v) is 18.4. The summed E-state index contributed by atoms with van der Waals surface area (Å²) in [6, 6.07) is 18.5. The van der Waals surface area contributed by atoms with Crippen LogP contribution in [0.25, 0.3) is 22.3 Å². The smallest absolute Gasteiger partial charge is 0.142 e. The molecule has 2 aliphatic rings. The first-order chi connectivity index (χ1) is 22.9. The van der Waals surface area contributed by atoms with Crippen molar-refractivity contribution in [3.8, 4) is 22.3 Å². The Hall–Kier alpha value is -3.51. The van der Waals surface area contributed by atoms with Crippen LogP contribution in [-0.2, 0) is 12.8 Å². The van der Waals surface area contributed by atoms with Gasteiger partial charge in [0, 0.05) is 23.8 Å². The molecule has 2 aromatic heterocycles. The molecule has 0 spiro atoms. The lowest BCUT2D eigenvalue weighted by Gasteiger charge is -2.18. The summed E-state index contributed by atoms with van der Waals surface area (Å²) in [6.45, 7) is 8.31. The Morgan fingerprint density at radius 1 is 0.681 bits per heavy atom. The number of nitrogens with one attached hydrogen (secondary N) is 2. The van der Waals surface area contributed by atoms with E-state index in [0.717, 1.165) is 47.0 Å². The maximum atomic E-state index is 6.52. The number of halogens is 1. The monoisotopic (exact) mass is 652 g/mol. The van der Waals surface area contributed by atoms with E-state index in [9.17, 15) is 0 Å². The molecule has 0 atom stereocenters. The summed E-state index contributed by atoms with van der Waals surface area (Å²) in [5.41, 5.74) is 7.14. The summed E-state index contributed by atoms with van der Waals surface area (Å²) in [7, 11) is 0. The number of unbranched alkanes of at least 4 members (excludes halogenated alkanes) is 2. The van der Waals surface area contributed by atoms with Crippen molar-refractivity contribution in [1.82, 2.24) is 19.9 Å². The van der Waals surface area contributed by atoms with Crippen LogP contribution < -0.4 is 10.6 Å². The topological polar surface area (TPSA) is 75.6 Å². The average Bonchev–Trinajstić information content (AvgIpc) is 3.78. The van der Waals surface area contributed by atoms with E-state index in [-0.39, 0.29) is 0 Å². The van der Waals surface area contributed by atoms with Gasteiger partial charge in [-0.05, 0) is 87.5 Å². The molecule has 0 amide bonds. The van der Waals surface area contributed by atoms with E-state index in [1.165, 1.54) is 93.7 Å². The van der Waals surface area contributed by atoms with Gasteiger partial charge in [0.1, 0.15) is 28.4 Å². The van der Waals surface area contributed by atoms with Gasteiger partial charge in [-0.3, -0.25) is 0 Å². The SMILES string of the molecule is CCCCc1cccc(-c2c(Cl)nc(C)nc2NC2CCCC2)c1.CCCCc1cccc(-c2cnc(C)nc2NC2CCCC2)c1. The van der Waals surface area contributed by atoms with E-state index in [4.69, 9.17) is 11.6 Å². The minimum Gasteiger partial charge on any atom is -0.367 e. The summed E-state index contributed by atoms with van der Waals surface area (Å²) >= 11 is 6.52. The lowest BCUT2D eigenvalue weighted by Crippen LogP contribution is -2.17. The van der Waals surface area contributed by atoms with Crippen molar-refractivity contribution >= 4 is 23.2 Å². The Labute approximate surface area is 287 Å². The highest BCUT2D eigenvalue weighted by Gasteiger charge is 2.21. The zero-order valence-electron chi connectivity index (χ0n) is 28.9. The average molecular weight is 653 g/mol. The molecule has 2 heterocycles. The quantitative estimate of drug-likeness (QED) is 0.148. The van der Waals surface area contributed by atoms with Crippen LogP contribution in [0.5, 0.6) is 0 Å². The highest BCUT2D eigenvalue weighted by atomic mass is 35.5. The maximum Gasteiger partial charge on any atom is 0.142 e. The molecule has 2 aromatic carbocycles. The van der Waals surface area contributed by atoms with Crippen molar-refractivity contribution in [3.05, 3.63) is 82.7 Å². The molecule has 2 saturated carbocycles. The molecule has 0 saturated heterocycles. The Morgan fingerprint density at radius 2 is 1.21 bits per heavy atom. The molecule has 2 N–H and O–H groups in total. The number of rotatable bonds is 12. The highest BCUT2D eigenvalue weighted by Crippen LogP contribution is 2.35. The van der Waals surface area contributed by atoms with E-state index in [2.05, 4.69) is 92.9 Å². The molecule has 6 nitrogen and oxygen atoms in total. The fraction of sp³-hybridized carbons (Fsp3) is 0.500. The van der Waals surface area contributed by atoms with E-state index in [1.807, 2.05) is 20.0 Å². The van der Waals surface area contributed by atoms with Crippen molar-refractivity contribution in [3.63, 3.8) is 0 Å². The molecule has 4 aromatic rings. The van der Waals surface area contributed by atoms with Gasteiger partial charge >= 0.3 is 0 Å². The van der Waals surface area contributed by atoms with Crippen molar-refractivity contribution in [2.45, 2.75) is 130 Å². The lowest BCUT2D eigenvalue weighted by atomic mass is 10.0. The number of anilines is 2. The fourth-order valence-electron chi connectivity index (χ4n) is 6.76. The van der Waals surface area contributed by atoms with Gasteiger partial charge in [-0.2, -0.15) is 0 Å². The second kappa shape index (κ2) is 17.6. The summed E-state index contributed by atoms with van der Waals surface area (Å²) in [4.78, 5) is 18.2. The van der Waals surface area contributed by atoms with Crippen LogP contribution in [-0.4, -0.2) is 32.0 Å². The maximum absolute atomic E-state index is 6.52. The molecule has 47 heavy (non-hydrogen) atoms. The van der Waals surface area contributed by atoms with Gasteiger partial charge in [-0.25, -0.2) is 19.9 Å². The van der Waals surface area contributed by atoms with Gasteiger partial charge in [-0.1, -0.05) is 113 Å². The molecular weight excluding hydrogens is 600 g/mol. The summed E-state index contributed by atoms with van der Waals surface area (Å²) in [5.74, 6) is 3.42. The van der Waals surface area contributed by atoms with Gasteiger partial charge in [0.15, 0.2) is 0 Å². The molecule has 250 valence electrons. The normalized spacial score (nSPS) is 15.0. The van der Waals surface area contributed by atoms with E-state index < -0.39 is 0 Å². The van der Waals surface area contributed by atoms with Crippen molar-refractivity contribution in [2.75, 3.05) is 10.6 Å². The van der Waals surface area contributed by atoms with Gasteiger partial charge in [-0.15, -0.1) is 0 Å². The van der Waals surface area contributed by atoms with Crippen molar-refractivity contribution in [2.24, 2.45) is 0 Å². The second-order valence-electron chi connectivity index (χ2n) is 13.3. The molecule has 2 aliphatic carbocycles. The van der Waals surface area contributed by atoms with Gasteiger partial charge in [0.25, 0.3) is 0 Å². The number of aromatic nitrogens is 4. The molecule has 0 bridgehead atoms. The van der Waals surface area contributed by atoms with Crippen LogP contribution in [0.15, 0.2) is 54.7 Å². The first-order valence-electron chi connectivity index (χ1n) is 18.0. The van der Waals surface area contributed by atoms with Crippen LogP contribution in [0.1, 0.15) is 114 Å². The lowest BCUT2D eigenvalue weighted by molar-refractivity contribution is 0.749. The zero-order valence-corrected chi connectivity index (χ0v) is 29.7. The third-order valence-electron chi connectivity index (χ3n) is 9.37. The summed E-state index contributed by atoms with van der Waals surface area (Å²) in [6.07, 6.45) is 19.2. The summed E-state index contributed by atoms with van der Waals surface area (Å²) < 4.78 is 0. The Bertz CT molecular complexity index is 1580. The van der Waals surface area contributed by atoms with Crippen molar-refractivity contribution in [1.29, 1.82) is 0 Å². The van der Waals surface area contributed by atoms with Gasteiger partial charge < -0.3 is 10.6 Å². The van der Waals surface area contributed by atoms with Gasteiger partial charge in [0.2, 0.25) is 0 Å². The molecule has 6 rings (SSSR count). The number of aryl methyl sites for hydroxylation is 4. The van der Waals surface area contributed by atoms with E-state index >= 15 is 0 Å². The Kier molecular flexibility index (Phi) is 13.0. The molecule has 2 fully saturated rings. The molecule has 0 unspecified atom stereocenters. The van der Waals surface area contributed by atoms with Crippen LogP contribution in [0.3, 0.4) is 0 Å². The number of benzene rings is 2. The Balaban J connectivity index is 0.000000185. The zero-order chi connectivity index (χ0) is 33.0. The molecule has 7 heteroatoms. The predicted molar refractivity (Wildman–Crippen MR) is 198 cm³/mol. The minimum absolute atomic E-state index is 0.498. The summed E-state index contributed by atoms with van der Waals surface area (Å²) in [5, 5.41) is 7.81. The van der Waals surface area contributed by atoms with E-state index in [1.54, 1.807) is 0 Å². The highest BCUT2D eigenvalue weighted by molar-refractivity contribution is 6.32. The third-order valence-corrected chi connectivity index (χ3v) is 9.64. The van der Waals surface area contributed by atoms with Gasteiger partial charge in [0.05, 0.1) is 5.56 Å². The van der Waals surface area contributed by atoms with Crippen LogP contribution in [0.4, 0.5) is 11.6 Å². The predicted octanol–water partition coefficient (Wildman–Crippen LogP) is 11.0. The minimum atomic E-state index is 0.498. The van der Waals surface area contributed by atoms with Crippen molar-refractivity contribution < 1.29 is 0 Å². The fourth-order valence-corrected chi connectivity index (χ4v) is 7.08. The number of hydrogen-bond acceptors (Lipinski definition) is 6. The van der Waals surface area contributed by atoms with E-state index in [0.29, 0.717) is 23.1 Å². The Morgan fingerprint density at radius 3 is 1.81 bits per heavy atom. The number of nitrogens with zero attached hydrogens (tertiary/aromatic N) is 4. The third kappa shape index (κ3) is 9.99. The van der Waals surface area contributed by atoms with Crippen LogP contribution in [0, 0.1) is 13.8 Å².